The maximum Gasteiger partial charge on any atom is 0.302 e. The Morgan fingerprint density at radius 3 is 1.98 bits per heavy atom. The minimum Gasteiger partial charge on any atom is -0.462 e. The summed E-state index contributed by atoms with van der Waals surface area (Å²) < 4.78 is 37.9. The highest BCUT2D eigenvalue weighted by atomic mass is 33.1. The average Bonchev–Trinajstić information content (AvgIpc) is 3.91. The van der Waals surface area contributed by atoms with Gasteiger partial charge in [-0.15, -0.1) is 0 Å². The Balaban J connectivity index is 1.25. The van der Waals surface area contributed by atoms with Crippen molar-refractivity contribution >= 4 is 88.5 Å². The van der Waals surface area contributed by atoms with Gasteiger partial charge in [-0.3, -0.25) is 28.9 Å². The molecule has 9 heterocycles. The Morgan fingerprint density at radius 2 is 1.29 bits per heavy atom. The van der Waals surface area contributed by atoms with Crippen LogP contribution in [0.25, 0.3) is 0 Å². The molecular weight excluding hydrogens is 839 g/mol. The number of nitrogens with zero attached hydrogens (tertiary/aromatic N) is 5. The second-order valence-corrected chi connectivity index (χ2v) is 23.5. The summed E-state index contributed by atoms with van der Waals surface area (Å²) in [6.07, 6.45) is -0.454. The summed E-state index contributed by atoms with van der Waals surface area (Å²) in [7, 11) is 3.91. The number of para-hydroxylation sites is 1. The molecule has 2 spiro atoms. The van der Waals surface area contributed by atoms with E-state index in [1.54, 1.807) is 42.3 Å². The number of likely N-dealkylation sites (N-methyl/N-ethyl adjacent to an activating group) is 2. The molecule has 0 N–H and O–H groups in total. The van der Waals surface area contributed by atoms with E-state index in [1.807, 2.05) is 48.2 Å². The largest absolute Gasteiger partial charge is 0.462 e. The smallest absolute Gasteiger partial charge is 0.302 e. The molecule has 0 radical (unpaired) electrons. The molecule has 300 valence electrons. The van der Waals surface area contributed by atoms with E-state index in [0.29, 0.717) is 24.1 Å². The number of anilines is 1. The normalized spacial score (nSPS) is 37.6. The highest BCUT2D eigenvalue weighted by Gasteiger charge is 2.88. The third-order valence-corrected chi connectivity index (χ3v) is 23.5. The Bertz CT molecular complexity index is 2570. The summed E-state index contributed by atoms with van der Waals surface area (Å²) in [5, 5.41) is 0. The number of hydrogen-bond donors (Lipinski definition) is 0. The lowest BCUT2D eigenvalue weighted by molar-refractivity contribution is -0.169. The Labute approximate surface area is 350 Å². The summed E-state index contributed by atoms with van der Waals surface area (Å²) in [5.74, 6) is -1.95. The molecule has 0 aromatic heterocycles. The van der Waals surface area contributed by atoms with Crippen LogP contribution in [0.2, 0.25) is 0 Å². The molecule has 4 bridgehead atoms. The van der Waals surface area contributed by atoms with Gasteiger partial charge in [-0.1, -0.05) is 100.0 Å². The van der Waals surface area contributed by atoms with Crippen LogP contribution in [0.3, 0.4) is 0 Å². The number of fused-ring (bicyclic) bond motifs is 11. The average molecular weight is 876 g/mol. The first-order valence-corrected chi connectivity index (χ1v) is 24.8. The predicted molar refractivity (Wildman–Crippen MR) is 220 cm³/mol. The van der Waals surface area contributed by atoms with Gasteiger partial charge in [-0.2, -0.15) is 0 Å². The van der Waals surface area contributed by atoms with Crippen LogP contribution in [-0.4, -0.2) is 110 Å². The summed E-state index contributed by atoms with van der Waals surface area (Å²) in [5.41, 5.74) is 0.217. The number of rotatable bonds is 6. The number of benzene rings is 3. The minimum atomic E-state index is -4.49. The van der Waals surface area contributed by atoms with Crippen molar-refractivity contribution in [3.8, 4) is 0 Å². The number of ether oxygens (including phenoxy) is 1. The molecule has 13 nitrogen and oxygen atoms in total. The van der Waals surface area contributed by atoms with E-state index in [2.05, 4.69) is 0 Å². The number of hydrogen-bond acceptors (Lipinski definition) is 12. The van der Waals surface area contributed by atoms with Crippen LogP contribution in [0.5, 0.6) is 0 Å². The summed E-state index contributed by atoms with van der Waals surface area (Å²) in [6, 6.07) is 22.6. The molecule has 3 aromatic rings. The van der Waals surface area contributed by atoms with Crippen molar-refractivity contribution in [2.24, 2.45) is 0 Å². The first kappa shape index (κ1) is 37.2. The van der Waals surface area contributed by atoms with E-state index in [9.17, 15) is 4.79 Å². The number of amides is 4. The van der Waals surface area contributed by atoms with Gasteiger partial charge in [0.05, 0.1) is 16.0 Å². The van der Waals surface area contributed by atoms with Crippen molar-refractivity contribution in [2.45, 2.75) is 86.9 Å². The molecule has 1 aliphatic carbocycles. The molecule has 10 aliphatic rings. The third-order valence-electron chi connectivity index (χ3n) is 14.3. The van der Waals surface area contributed by atoms with Gasteiger partial charge in [0.25, 0.3) is 33.7 Å². The van der Waals surface area contributed by atoms with E-state index >= 15 is 27.6 Å². The van der Waals surface area contributed by atoms with Crippen molar-refractivity contribution in [1.29, 1.82) is 0 Å². The zero-order valence-electron chi connectivity index (χ0n) is 31.7. The first-order valence-electron chi connectivity index (χ1n) is 19.0. The van der Waals surface area contributed by atoms with Crippen molar-refractivity contribution in [2.75, 3.05) is 25.0 Å². The SMILES string of the molecule is CC[C@]12SS[C@@]3(C[C@]4([C@]56C[C@@]78SS[C@@](COC(C)=O)(C(=O)N7[C@H]5N(S(=O)(=O)c5ccccc5)c5ccccc56)N(C)C8=O)c5ccccc5C[C@@H]4N3C1=O)C(=O)N2C. The van der Waals surface area contributed by atoms with Crippen molar-refractivity contribution < 1.29 is 37.1 Å². The summed E-state index contributed by atoms with van der Waals surface area (Å²) in [6.45, 7) is 2.70. The van der Waals surface area contributed by atoms with Gasteiger partial charge in [0.15, 0.2) is 14.6 Å². The monoisotopic (exact) mass is 875 g/mol. The van der Waals surface area contributed by atoms with Gasteiger partial charge < -0.3 is 19.4 Å². The molecule has 9 aliphatic heterocycles. The highest BCUT2D eigenvalue weighted by Crippen LogP contribution is 2.80. The second kappa shape index (κ2) is 11.5. The van der Waals surface area contributed by atoms with E-state index in [0.717, 1.165) is 21.9 Å². The zero-order chi connectivity index (χ0) is 40.6. The molecule has 8 atom stereocenters. The molecule has 3 aromatic carbocycles. The van der Waals surface area contributed by atoms with Crippen molar-refractivity contribution in [3.63, 3.8) is 0 Å². The third kappa shape index (κ3) is 3.78. The second-order valence-electron chi connectivity index (χ2n) is 16.4. The fourth-order valence-corrected chi connectivity index (χ4v) is 21.1. The summed E-state index contributed by atoms with van der Waals surface area (Å²) in [4.78, 5) is 74.1. The number of esters is 1. The fraction of sp³-hybridized carbons (Fsp3) is 0.425. The lowest BCUT2D eigenvalue weighted by Crippen LogP contribution is -2.78. The number of sulfonamides is 1. The van der Waals surface area contributed by atoms with Crippen LogP contribution in [0.15, 0.2) is 83.8 Å². The topological polar surface area (TPSA) is 145 Å². The van der Waals surface area contributed by atoms with Crippen LogP contribution in [0, 0.1) is 0 Å². The molecule has 58 heavy (non-hydrogen) atoms. The van der Waals surface area contributed by atoms with Gasteiger partial charge in [0.2, 0.25) is 4.87 Å². The van der Waals surface area contributed by atoms with E-state index in [4.69, 9.17) is 4.74 Å². The molecule has 8 saturated heterocycles. The standard InChI is InChI=1S/C40H37N5O8S5/c1-5-37-33(49)43-29-19-24-13-9-10-16-26(24)35(29,20-38(43,55-54-37)31(47)41(37)3)36-21-39-32(48)42(4)40(57-56-39,22-53-23(2)46)34(50)44(39)30(36)45(28-18-12-11-17-27(28)36)58(51,52)25-14-7-6-8-15-25/h6-18,29-30H,5,19-22H2,1-4H3/t29-,30-,35-,36-,37-,38-,39-,40-/m0/s1. The van der Waals surface area contributed by atoms with Crippen LogP contribution >= 0.6 is 43.2 Å². The number of carbonyl (C=O) groups excluding carboxylic acids is 5. The van der Waals surface area contributed by atoms with Crippen LogP contribution in [0.4, 0.5) is 5.69 Å². The van der Waals surface area contributed by atoms with E-state index in [-0.39, 0.29) is 29.6 Å². The van der Waals surface area contributed by atoms with E-state index in [1.165, 1.54) is 72.6 Å². The molecule has 13 rings (SSSR count). The van der Waals surface area contributed by atoms with Crippen molar-refractivity contribution in [3.05, 3.63) is 95.6 Å². The zero-order valence-corrected chi connectivity index (χ0v) is 35.8. The van der Waals surface area contributed by atoms with Crippen LogP contribution in [-0.2, 0) is 56.0 Å². The maximum absolute atomic E-state index is 15.7. The molecule has 8 fully saturated rings. The molecule has 0 unspecified atom stereocenters. The minimum absolute atomic E-state index is 0.00188. The van der Waals surface area contributed by atoms with Gasteiger partial charge in [-0.25, -0.2) is 12.7 Å². The number of carbonyl (C=O) groups is 5. The Hall–Kier alpha value is -3.84. The maximum atomic E-state index is 15.7. The van der Waals surface area contributed by atoms with Gasteiger partial charge in [-0.05, 0) is 58.5 Å². The molecule has 0 saturated carbocycles. The lowest BCUT2D eigenvalue weighted by atomic mass is 9.53. The molecule has 4 amide bonds. The van der Waals surface area contributed by atoms with Gasteiger partial charge in [0, 0.05) is 45.3 Å². The predicted octanol–water partition coefficient (Wildman–Crippen LogP) is 4.28. The molecular formula is C40H37N5O8S5. The van der Waals surface area contributed by atoms with Crippen LogP contribution < -0.4 is 4.31 Å². The molecule has 18 heteroatoms. The summed E-state index contributed by atoms with van der Waals surface area (Å²) >= 11 is 0. The highest BCUT2D eigenvalue weighted by molar-refractivity contribution is 8.78. The van der Waals surface area contributed by atoms with Crippen LogP contribution in [0.1, 0.15) is 49.8 Å². The van der Waals surface area contributed by atoms with Gasteiger partial charge >= 0.3 is 5.97 Å². The number of piperazine rings is 2. The fourth-order valence-electron chi connectivity index (χ4n) is 11.9. The first-order chi connectivity index (χ1) is 27.7. The lowest BCUT2D eigenvalue weighted by Gasteiger charge is -2.58. The Morgan fingerprint density at radius 1 is 0.724 bits per heavy atom. The van der Waals surface area contributed by atoms with E-state index < -0.39 is 76.9 Å². The quantitative estimate of drug-likeness (QED) is 0.258. The van der Waals surface area contributed by atoms with Crippen molar-refractivity contribution in [1.82, 2.24) is 19.6 Å². The van der Waals surface area contributed by atoms with Gasteiger partial charge in [0.1, 0.15) is 12.8 Å². The Kier molecular flexibility index (Phi) is 7.37.